The fourth-order valence-electron chi connectivity index (χ4n) is 3.17. The van der Waals surface area contributed by atoms with E-state index in [0.717, 1.165) is 42.9 Å². The van der Waals surface area contributed by atoms with Crippen molar-refractivity contribution in [2.45, 2.75) is 51.0 Å². The zero-order valence-electron chi connectivity index (χ0n) is 11.8. The van der Waals surface area contributed by atoms with Crippen LogP contribution in [0.2, 0.25) is 5.02 Å². The van der Waals surface area contributed by atoms with Crippen LogP contribution in [0.5, 0.6) is 5.75 Å². The van der Waals surface area contributed by atoms with Gasteiger partial charge < -0.3 is 9.84 Å². The molecule has 0 spiro atoms. The van der Waals surface area contributed by atoms with Gasteiger partial charge >= 0.3 is 0 Å². The van der Waals surface area contributed by atoms with Gasteiger partial charge in [0.25, 0.3) is 0 Å². The topological polar surface area (TPSA) is 29.5 Å². The predicted octanol–water partition coefficient (Wildman–Crippen LogP) is 4.53. The van der Waals surface area contributed by atoms with Gasteiger partial charge in [0.1, 0.15) is 5.75 Å². The minimum absolute atomic E-state index is 0.653. The Bertz CT molecular complexity index is 423. The zero-order valence-corrected chi connectivity index (χ0v) is 12.5. The van der Waals surface area contributed by atoms with Crippen molar-refractivity contribution in [3.05, 3.63) is 28.8 Å². The summed E-state index contributed by atoms with van der Waals surface area (Å²) in [5.41, 5.74) is 0.0676. The standard InChI is InChI=1S/C16H23ClO2/c1-3-4-12-7-9-16(18,10-8-12)14-11-13(17)5-6-15(14)19-2/h5-6,11-12,18H,3-4,7-10H2,1-2H3. The van der Waals surface area contributed by atoms with Crippen LogP contribution in [0.1, 0.15) is 51.0 Å². The summed E-state index contributed by atoms with van der Waals surface area (Å²) in [5, 5.41) is 11.6. The Labute approximate surface area is 120 Å². The summed E-state index contributed by atoms with van der Waals surface area (Å²) in [6, 6.07) is 5.49. The third kappa shape index (κ3) is 3.24. The second kappa shape index (κ2) is 6.15. The van der Waals surface area contributed by atoms with Crippen molar-refractivity contribution >= 4 is 11.6 Å². The van der Waals surface area contributed by atoms with Gasteiger partial charge in [0.2, 0.25) is 0 Å². The number of hydrogen-bond donors (Lipinski definition) is 1. The van der Waals surface area contributed by atoms with Crippen LogP contribution >= 0.6 is 11.6 Å². The van der Waals surface area contributed by atoms with Crippen LogP contribution in [0.25, 0.3) is 0 Å². The fourth-order valence-corrected chi connectivity index (χ4v) is 3.34. The summed E-state index contributed by atoms with van der Waals surface area (Å²) >= 11 is 6.07. The lowest BCUT2D eigenvalue weighted by atomic mass is 9.74. The van der Waals surface area contributed by atoms with Gasteiger partial charge in [-0.05, 0) is 49.8 Å². The first-order valence-corrected chi connectivity index (χ1v) is 7.53. The van der Waals surface area contributed by atoms with Gasteiger partial charge in [-0.2, -0.15) is 0 Å². The molecule has 106 valence electrons. The van der Waals surface area contributed by atoms with Crippen molar-refractivity contribution < 1.29 is 9.84 Å². The molecule has 0 unspecified atom stereocenters. The Morgan fingerprint density at radius 2 is 2.05 bits per heavy atom. The van der Waals surface area contributed by atoms with Crippen molar-refractivity contribution in [1.29, 1.82) is 0 Å². The van der Waals surface area contributed by atoms with Crippen LogP contribution < -0.4 is 4.74 Å². The molecule has 0 aliphatic heterocycles. The first-order chi connectivity index (χ1) is 9.09. The number of methoxy groups -OCH3 is 1. The third-order valence-corrected chi connectivity index (χ3v) is 4.53. The Kier molecular flexibility index (Phi) is 4.75. The summed E-state index contributed by atoms with van der Waals surface area (Å²) < 4.78 is 5.37. The molecule has 0 saturated heterocycles. The number of halogens is 1. The van der Waals surface area contributed by atoms with Crippen LogP contribution in [-0.4, -0.2) is 12.2 Å². The highest BCUT2D eigenvalue weighted by Gasteiger charge is 2.36. The van der Waals surface area contributed by atoms with Crippen LogP contribution in [0.15, 0.2) is 18.2 Å². The molecule has 0 amide bonds. The number of benzene rings is 1. The minimum atomic E-state index is -0.777. The van der Waals surface area contributed by atoms with Crippen LogP contribution in [0.4, 0.5) is 0 Å². The molecular weight excluding hydrogens is 260 g/mol. The fraction of sp³-hybridized carbons (Fsp3) is 0.625. The van der Waals surface area contributed by atoms with E-state index < -0.39 is 5.60 Å². The van der Waals surface area contributed by atoms with Gasteiger partial charge in [-0.15, -0.1) is 0 Å². The van der Waals surface area contributed by atoms with E-state index in [1.54, 1.807) is 13.2 Å². The van der Waals surface area contributed by atoms with E-state index in [4.69, 9.17) is 16.3 Å². The summed E-state index contributed by atoms with van der Waals surface area (Å²) in [4.78, 5) is 0. The number of hydrogen-bond acceptors (Lipinski definition) is 2. The van der Waals surface area contributed by atoms with E-state index in [9.17, 15) is 5.11 Å². The molecule has 3 heteroatoms. The molecular formula is C16H23ClO2. The zero-order chi connectivity index (χ0) is 13.9. The molecule has 1 saturated carbocycles. The molecule has 0 aromatic heterocycles. The van der Waals surface area contributed by atoms with Gasteiger partial charge in [0.05, 0.1) is 12.7 Å². The van der Waals surface area contributed by atoms with Gasteiger partial charge in [-0.1, -0.05) is 31.4 Å². The Morgan fingerprint density at radius 1 is 1.37 bits per heavy atom. The lowest BCUT2D eigenvalue weighted by molar-refractivity contribution is -0.0169. The molecule has 1 fully saturated rings. The average Bonchev–Trinajstić information content (AvgIpc) is 2.42. The molecule has 19 heavy (non-hydrogen) atoms. The Morgan fingerprint density at radius 3 is 2.63 bits per heavy atom. The lowest BCUT2D eigenvalue weighted by Crippen LogP contribution is -2.32. The third-order valence-electron chi connectivity index (χ3n) is 4.29. The molecule has 2 nitrogen and oxygen atoms in total. The van der Waals surface area contributed by atoms with E-state index in [2.05, 4.69) is 6.92 Å². The van der Waals surface area contributed by atoms with Crippen LogP contribution in [0.3, 0.4) is 0 Å². The van der Waals surface area contributed by atoms with E-state index in [0.29, 0.717) is 5.02 Å². The van der Waals surface area contributed by atoms with Crippen molar-refractivity contribution in [2.75, 3.05) is 7.11 Å². The van der Waals surface area contributed by atoms with Crippen LogP contribution in [0, 0.1) is 5.92 Å². The molecule has 0 heterocycles. The summed E-state index contributed by atoms with van der Waals surface area (Å²) in [6.07, 6.45) is 6.26. The molecule has 1 aromatic rings. The quantitative estimate of drug-likeness (QED) is 0.879. The Balaban J connectivity index is 2.19. The SMILES string of the molecule is CCCC1CCC(O)(c2cc(Cl)ccc2OC)CC1. The normalized spacial score (nSPS) is 27.3. The number of rotatable bonds is 4. The monoisotopic (exact) mass is 282 g/mol. The second-order valence-electron chi connectivity index (χ2n) is 5.61. The highest BCUT2D eigenvalue weighted by atomic mass is 35.5. The lowest BCUT2D eigenvalue weighted by Gasteiger charge is -2.37. The average molecular weight is 283 g/mol. The van der Waals surface area contributed by atoms with Gasteiger partial charge in [-0.3, -0.25) is 0 Å². The smallest absolute Gasteiger partial charge is 0.125 e. The molecule has 0 radical (unpaired) electrons. The molecule has 1 N–H and O–H groups in total. The van der Waals surface area contributed by atoms with Crippen molar-refractivity contribution in [3.8, 4) is 5.75 Å². The molecule has 1 aliphatic carbocycles. The molecule has 2 rings (SSSR count). The van der Waals surface area contributed by atoms with E-state index in [1.807, 2.05) is 12.1 Å². The molecule has 1 aromatic carbocycles. The first-order valence-electron chi connectivity index (χ1n) is 7.15. The van der Waals surface area contributed by atoms with E-state index >= 15 is 0 Å². The van der Waals surface area contributed by atoms with Crippen molar-refractivity contribution in [3.63, 3.8) is 0 Å². The van der Waals surface area contributed by atoms with E-state index in [-0.39, 0.29) is 0 Å². The highest BCUT2D eigenvalue weighted by Crippen LogP contribution is 2.44. The second-order valence-corrected chi connectivity index (χ2v) is 6.04. The van der Waals surface area contributed by atoms with Crippen LogP contribution in [-0.2, 0) is 5.60 Å². The first kappa shape index (κ1) is 14.7. The number of ether oxygens (including phenoxy) is 1. The maximum atomic E-state index is 10.9. The van der Waals surface area contributed by atoms with Crippen molar-refractivity contribution in [1.82, 2.24) is 0 Å². The molecule has 0 atom stereocenters. The maximum absolute atomic E-state index is 10.9. The van der Waals surface area contributed by atoms with Gasteiger partial charge in [-0.25, -0.2) is 0 Å². The largest absolute Gasteiger partial charge is 0.496 e. The van der Waals surface area contributed by atoms with Gasteiger partial charge in [0, 0.05) is 10.6 Å². The highest BCUT2D eigenvalue weighted by molar-refractivity contribution is 6.30. The Hall–Kier alpha value is -0.730. The summed E-state index contributed by atoms with van der Waals surface area (Å²) in [5.74, 6) is 1.50. The van der Waals surface area contributed by atoms with Crippen molar-refractivity contribution in [2.24, 2.45) is 5.92 Å². The maximum Gasteiger partial charge on any atom is 0.125 e. The summed E-state index contributed by atoms with van der Waals surface area (Å²) in [7, 11) is 1.64. The van der Waals surface area contributed by atoms with Gasteiger partial charge in [0.15, 0.2) is 0 Å². The summed E-state index contributed by atoms with van der Waals surface area (Å²) in [6.45, 7) is 2.22. The minimum Gasteiger partial charge on any atom is -0.496 e. The molecule has 1 aliphatic rings. The predicted molar refractivity (Wildman–Crippen MR) is 78.8 cm³/mol. The number of aliphatic hydroxyl groups is 1. The van der Waals surface area contributed by atoms with E-state index in [1.165, 1.54) is 12.8 Å². The molecule has 0 bridgehead atoms.